The third kappa shape index (κ3) is 5.61. The molecule has 4 nitrogen and oxygen atoms in total. The monoisotopic (exact) mass is 246 g/mol. The predicted octanol–water partition coefficient (Wildman–Crippen LogP) is 1.29. The zero-order chi connectivity index (χ0) is 12.2. The molecule has 0 saturated heterocycles. The van der Waals surface area contributed by atoms with E-state index in [2.05, 4.69) is 5.32 Å². The Bertz CT molecular complexity index is 237. The molecular weight excluding hydrogens is 224 g/mol. The molecule has 1 fully saturated rings. The van der Waals surface area contributed by atoms with Crippen LogP contribution in [0.5, 0.6) is 0 Å². The first-order chi connectivity index (χ1) is 7.40. The molecule has 0 aromatic rings. The van der Waals surface area contributed by atoms with Crippen LogP contribution in [0.1, 0.15) is 26.7 Å². The number of aliphatic hydroxyl groups is 1. The first-order valence-electron chi connectivity index (χ1n) is 5.71. The molecule has 1 saturated carbocycles. The molecule has 0 radical (unpaired) electrons. The smallest absolute Gasteiger partial charge is 0.317 e. The topological polar surface area (TPSA) is 52.6 Å². The Morgan fingerprint density at radius 2 is 2.19 bits per heavy atom. The van der Waals surface area contributed by atoms with Gasteiger partial charge in [-0.1, -0.05) is 0 Å². The number of urea groups is 1. The molecule has 1 aliphatic rings. The van der Waals surface area contributed by atoms with Crippen molar-refractivity contribution in [3.8, 4) is 0 Å². The van der Waals surface area contributed by atoms with Gasteiger partial charge in [0.25, 0.3) is 0 Å². The lowest BCUT2D eigenvalue weighted by Crippen LogP contribution is -2.39. The van der Waals surface area contributed by atoms with E-state index in [0.717, 1.165) is 18.6 Å². The maximum Gasteiger partial charge on any atom is 0.317 e. The molecule has 16 heavy (non-hydrogen) atoms. The highest BCUT2D eigenvalue weighted by Crippen LogP contribution is 2.25. The van der Waals surface area contributed by atoms with Crippen molar-refractivity contribution in [2.75, 3.05) is 25.1 Å². The van der Waals surface area contributed by atoms with Gasteiger partial charge in [0.15, 0.2) is 0 Å². The Morgan fingerprint density at radius 1 is 1.56 bits per heavy atom. The van der Waals surface area contributed by atoms with E-state index >= 15 is 0 Å². The second-order valence-corrected chi connectivity index (χ2v) is 6.04. The van der Waals surface area contributed by atoms with Gasteiger partial charge >= 0.3 is 6.03 Å². The summed E-state index contributed by atoms with van der Waals surface area (Å²) in [6.45, 7) is 4.25. The van der Waals surface area contributed by atoms with E-state index in [1.54, 1.807) is 30.5 Å². The van der Waals surface area contributed by atoms with Crippen molar-refractivity contribution in [1.29, 1.82) is 0 Å². The number of thioether (sulfide) groups is 1. The largest absolute Gasteiger partial charge is 0.390 e. The van der Waals surface area contributed by atoms with Crippen molar-refractivity contribution < 1.29 is 9.90 Å². The fourth-order valence-corrected chi connectivity index (χ4v) is 2.19. The SMILES string of the molecule is CN(C(=O)NCCSCC(C)(C)O)C1CC1. The Balaban J connectivity index is 2.00. The van der Waals surface area contributed by atoms with E-state index in [9.17, 15) is 9.90 Å². The van der Waals surface area contributed by atoms with Crippen LogP contribution in [-0.4, -0.2) is 52.8 Å². The Hall–Kier alpha value is -0.420. The molecule has 1 rings (SSSR count). The molecule has 5 heteroatoms. The fraction of sp³-hybridized carbons (Fsp3) is 0.909. The summed E-state index contributed by atoms with van der Waals surface area (Å²) in [7, 11) is 1.84. The van der Waals surface area contributed by atoms with Gasteiger partial charge in [0, 0.05) is 31.1 Å². The van der Waals surface area contributed by atoms with E-state index in [-0.39, 0.29) is 6.03 Å². The van der Waals surface area contributed by atoms with Crippen molar-refractivity contribution in [3.63, 3.8) is 0 Å². The number of nitrogens with zero attached hydrogens (tertiary/aromatic N) is 1. The zero-order valence-corrected chi connectivity index (χ0v) is 11.1. The van der Waals surface area contributed by atoms with E-state index in [0.29, 0.717) is 18.3 Å². The lowest BCUT2D eigenvalue weighted by atomic mass is 10.2. The minimum absolute atomic E-state index is 0.0198. The summed E-state index contributed by atoms with van der Waals surface area (Å²) in [6, 6.07) is 0.482. The quantitative estimate of drug-likeness (QED) is 0.695. The summed E-state index contributed by atoms with van der Waals surface area (Å²) in [4.78, 5) is 13.3. The van der Waals surface area contributed by atoms with E-state index in [1.165, 1.54) is 0 Å². The highest BCUT2D eigenvalue weighted by Gasteiger charge is 2.29. The van der Waals surface area contributed by atoms with Crippen LogP contribution in [0.4, 0.5) is 4.79 Å². The van der Waals surface area contributed by atoms with Crippen LogP contribution >= 0.6 is 11.8 Å². The number of hydrogen-bond donors (Lipinski definition) is 2. The van der Waals surface area contributed by atoms with Gasteiger partial charge < -0.3 is 15.3 Å². The van der Waals surface area contributed by atoms with Crippen LogP contribution in [-0.2, 0) is 0 Å². The summed E-state index contributed by atoms with van der Waals surface area (Å²) in [5.41, 5.74) is -0.626. The van der Waals surface area contributed by atoms with Crippen LogP contribution < -0.4 is 5.32 Å². The molecular formula is C11H22N2O2S. The maximum absolute atomic E-state index is 11.5. The third-order valence-electron chi connectivity index (χ3n) is 2.39. The van der Waals surface area contributed by atoms with Gasteiger partial charge in [-0.25, -0.2) is 4.79 Å². The highest BCUT2D eigenvalue weighted by atomic mass is 32.2. The third-order valence-corrected chi connectivity index (χ3v) is 3.80. The lowest BCUT2D eigenvalue weighted by Gasteiger charge is -2.18. The van der Waals surface area contributed by atoms with Crippen LogP contribution in [0.2, 0.25) is 0 Å². The van der Waals surface area contributed by atoms with Crippen molar-refractivity contribution in [2.45, 2.75) is 38.3 Å². The standard InChI is InChI=1S/C11H22N2O2S/c1-11(2,15)8-16-7-6-12-10(14)13(3)9-4-5-9/h9,15H,4-8H2,1-3H3,(H,12,14). The number of rotatable bonds is 6. The number of nitrogens with one attached hydrogen (secondary N) is 1. The summed E-state index contributed by atoms with van der Waals surface area (Å²) >= 11 is 1.65. The second kappa shape index (κ2) is 5.77. The van der Waals surface area contributed by atoms with Crippen molar-refractivity contribution in [1.82, 2.24) is 10.2 Å². The zero-order valence-electron chi connectivity index (χ0n) is 10.3. The molecule has 94 valence electrons. The molecule has 0 atom stereocenters. The highest BCUT2D eigenvalue weighted by molar-refractivity contribution is 7.99. The second-order valence-electron chi connectivity index (χ2n) is 4.94. The van der Waals surface area contributed by atoms with Crippen LogP contribution in [0.3, 0.4) is 0 Å². The van der Waals surface area contributed by atoms with Gasteiger partial charge in [-0.05, 0) is 26.7 Å². The summed E-state index contributed by atoms with van der Waals surface area (Å²) in [5, 5.41) is 12.4. The average Bonchev–Trinajstić information content (AvgIpc) is 2.97. The fourth-order valence-electron chi connectivity index (χ4n) is 1.30. The van der Waals surface area contributed by atoms with Crippen LogP contribution in [0, 0.1) is 0 Å². The molecule has 0 bridgehead atoms. The van der Waals surface area contributed by atoms with Gasteiger partial charge in [-0.15, -0.1) is 0 Å². The Kier molecular flexibility index (Phi) is 4.92. The molecule has 0 aliphatic heterocycles. The number of carbonyl (C=O) groups is 1. The molecule has 0 aromatic carbocycles. The molecule has 0 heterocycles. The lowest BCUT2D eigenvalue weighted by molar-refractivity contribution is 0.107. The molecule has 0 spiro atoms. The van der Waals surface area contributed by atoms with E-state index in [1.807, 2.05) is 7.05 Å². The summed E-state index contributed by atoms with van der Waals surface area (Å²) in [6.07, 6.45) is 2.27. The predicted molar refractivity (Wildman–Crippen MR) is 67.8 cm³/mol. The number of hydrogen-bond acceptors (Lipinski definition) is 3. The maximum atomic E-state index is 11.5. The number of carbonyl (C=O) groups excluding carboxylic acids is 1. The minimum atomic E-state index is -0.626. The first-order valence-corrected chi connectivity index (χ1v) is 6.86. The van der Waals surface area contributed by atoms with Gasteiger partial charge in [0.2, 0.25) is 0 Å². The van der Waals surface area contributed by atoms with E-state index in [4.69, 9.17) is 0 Å². The van der Waals surface area contributed by atoms with Crippen molar-refractivity contribution in [2.24, 2.45) is 0 Å². The Morgan fingerprint density at radius 3 is 2.69 bits per heavy atom. The molecule has 0 unspecified atom stereocenters. The molecule has 0 aromatic heterocycles. The van der Waals surface area contributed by atoms with Gasteiger partial charge in [-0.3, -0.25) is 0 Å². The van der Waals surface area contributed by atoms with Crippen LogP contribution in [0.15, 0.2) is 0 Å². The molecule has 2 N–H and O–H groups in total. The van der Waals surface area contributed by atoms with Crippen molar-refractivity contribution in [3.05, 3.63) is 0 Å². The normalized spacial score (nSPS) is 16.0. The van der Waals surface area contributed by atoms with Crippen molar-refractivity contribution >= 4 is 17.8 Å². The number of amides is 2. The van der Waals surface area contributed by atoms with Gasteiger partial charge in [0.05, 0.1) is 5.60 Å². The minimum Gasteiger partial charge on any atom is -0.390 e. The first kappa shape index (κ1) is 13.6. The van der Waals surface area contributed by atoms with Gasteiger partial charge in [0.1, 0.15) is 0 Å². The molecule has 1 aliphatic carbocycles. The van der Waals surface area contributed by atoms with E-state index < -0.39 is 5.60 Å². The van der Waals surface area contributed by atoms with Gasteiger partial charge in [-0.2, -0.15) is 11.8 Å². The average molecular weight is 246 g/mol. The van der Waals surface area contributed by atoms with Crippen LogP contribution in [0.25, 0.3) is 0 Å². The Labute approximate surface area is 102 Å². The summed E-state index contributed by atoms with van der Waals surface area (Å²) in [5.74, 6) is 1.54. The summed E-state index contributed by atoms with van der Waals surface area (Å²) < 4.78 is 0. The molecule has 2 amide bonds.